The first-order chi connectivity index (χ1) is 11.7. The van der Waals surface area contributed by atoms with Crippen molar-refractivity contribution in [2.75, 3.05) is 6.54 Å². The largest absolute Gasteiger partial charge is 0.297 e. The molecule has 2 heteroatoms. The highest BCUT2D eigenvalue weighted by Gasteiger charge is 2.40. The van der Waals surface area contributed by atoms with E-state index in [1.165, 1.54) is 57.9 Å². The van der Waals surface area contributed by atoms with E-state index in [4.69, 9.17) is 0 Å². The second-order valence-corrected chi connectivity index (χ2v) is 8.71. The molecule has 0 radical (unpaired) electrons. The zero-order chi connectivity index (χ0) is 16.9. The van der Waals surface area contributed by atoms with Gasteiger partial charge in [-0.15, -0.1) is 0 Å². The SMILES string of the molecule is CCCCCC1CC2CCC(C1)N2C[C@@H](C)C[C@@H]1C=C(F)C=CC1. The molecule has 0 aromatic rings. The molecule has 0 aromatic heterocycles. The van der Waals surface area contributed by atoms with E-state index in [0.29, 0.717) is 11.8 Å². The maximum Gasteiger partial charge on any atom is 0.119 e. The number of allylic oxidation sites excluding steroid dienone is 4. The van der Waals surface area contributed by atoms with Crippen LogP contribution in [0.3, 0.4) is 0 Å². The highest BCUT2D eigenvalue weighted by molar-refractivity contribution is 5.17. The summed E-state index contributed by atoms with van der Waals surface area (Å²) >= 11 is 0. The lowest BCUT2D eigenvalue weighted by molar-refractivity contribution is 0.0813. The summed E-state index contributed by atoms with van der Waals surface area (Å²) in [5.74, 6) is 2.03. The lowest BCUT2D eigenvalue weighted by atomic mass is 9.85. The highest BCUT2D eigenvalue weighted by Crippen LogP contribution is 2.41. The molecule has 4 atom stereocenters. The molecule has 0 spiro atoms. The number of fused-ring (bicyclic) bond motifs is 2. The second-order valence-electron chi connectivity index (χ2n) is 8.71. The van der Waals surface area contributed by atoms with Crippen molar-refractivity contribution in [3.8, 4) is 0 Å². The van der Waals surface area contributed by atoms with Gasteiger partial charge in [0.25, 0.3) is 0 Å². The fourth-order valence-corrected chi connectivity index (χ4v) is 5.42. The number of piperidine rings is 1. The first-order valence-corrected chi connectivity index (χ1v) is 10.4. The molecule has 0 saturated carbocycles. The maximum atomic E-state index is 13.4. The molecule has 2 heterocycles. The molecule has 3 aliphatic rings. The zero-order valence-electron chi connectivity index (χ0n) is 15.7. The number of unbranched alkanes of at least 4 members (excludes halogenated alkanes) is 2. The van der Waals surface area contributed by atoms with E-state index in [1.54, 1.807) is 6.08 Å². The normalized spacial score (nSPS) is 34.4. The average Bonchev–Trinajstić information content (AvgIpc) is 2.78. The van der Waals surface area contributed by atoms with Crippen molar-refractivity contribution in [1.29, 1.82) is 0 Å². The van der Waals surface area contributed by atoms with Gasteiger partial charge >= 0.3 is 0 Å². The molecule has 2 saturated heterocycles. The van der Waals surface area contributed by atoms with Gasteiger partial charge in [0, 0.05) is 18.6 Å². The third-order valence-electron chi connectivity index (χ3n) is 6.54. The number of nitrogens with zero attached hydrogens (tertiary/aromatic N) is 1. The van der Waals surface area contributed by atoms with Gasteiger partial charge in [-0.2, -0.15) is 0 Å². The van der Waals surface area contributed by atoms with Crippen molar-refractivity contribution in [3.05, 3.63) is 24.1 Å². The van der Waals surface area contributed by atoms with Crippen LogP contribution >= 0.6 is 0 Å². The van der Waals surface area contributed by atoms with E-state index in [2.05, 4.69) is 18.7 Å². The van der Waals surface area contributed by atoms with Gasteiger partial charge in [0.2, 0.25) is 0 Å². The molecule has 0 aromatic carbocycles. The molecule has 3 rings (SSSR count). The molecule has 2 aliphatic heterocycles. The van der Waals surface area contributed by atoms with Crippen LogP contribution < -0.4 is 0 Å². The molecule has 2 unspecified atom stereocenters. The first-order valence-electron chi connectivity index (χ1n) is 10.4. The van der Waals surface area contributed by atoms with Gasteiger partial charge in [-0.05, 0) is 68.4 Å². The predicted molar refractivity (Wildman–Crippen MR) is 101 cm³/mol. The standard InChI is InChI=1S/C22H36FN/c1-3-4-5-7-19-14-21-10-11-22(15-19)24(21)16-17(2)12-18-8-6-9-20(23)13-18/h6,9,13,17-19,21-22H,3-5,7-8,10-12,14-16H2,1-2H3/t17-,18+,19?,21?,22?/m0/s1. The van der Waals surface area contributed by atoms with Gasteiger partial charge in [0.05, 0.1) is 0 Å². The molecule has 2 bridgehead atoms. The molecule has 2 fully saturated rings. The fraction of sp³-hybridized carbons (Fsp3) is 0.818. The molecular formula is C22H36FN. The Labute approximate surface area is 148 Å². The molecule has 0 amide bonds. The lowest BCUT2D eigenvalue weighted by Gasteiger charge is -2.40. The lowest BCUT2D eigenvalue weighted by Crippen LogP contribution is -2.45. The van der Waals surface area contributed by atoms with E-state index in [-0.39, 0.29) is 5.83 Å². The van der Waals surface area contributed by atoms with Crippen molar-refractivity contribution >= 4 is 0 Å². The van der Waals surface area contributed by atoms with Crippen LogP contribution in [0.25, 0.3) is 0 Å². The van der Waals surface area contributed by atoms with E-state index in [9.17, 15) is 4.39 Å². The van der Waals surface area contributed by atoms with E-state index >= 15 is 0 Å². The third kappa shape index (κ3) is 4.71. The van der Waals surface area contributed by atoms with Crippen LogP contribution in [0, 0.1) is 17.8 Å². The fourth-order valence-electron chi connectivity index (χ4n) is 5.42. The predicted octanol–water partition coefficient (Wildman–Crippen LogP) is 6.27. The minimum absolute atomic E-state index is 0.0357. The van der Waals surface area contributed by atoms with Crippen LogP contribution in [0.1, 0.15) is 78.1 Å². The van der Waals surface area contributed by atoms with E-state index in [0.717, 1.165) is 30.8 Å². The summed E-state index contributed by atoms with van der Waals surface area (Å²) in [6, 6.07) is 1.69. The van der Waals surface area contributed by atoms with Gasteiger partial charge in [0.1, 0.15) is 5.83 Å². The van der Waals surface area contributed by atoms with Gasteiger partial charge in [-0.3, -0.25) is 4.90 Å². The summed E-state index contributed by atoms with van der Waals surface area (Å²) in [6.07, 6.45) is 19.0. The van der Waals surface area contributed by atoms with Gasteiger partial charge in [-0.1, -0.05) is 45.6 Å². The molecule has 24 heavy (non-hydrogen) atoms. The molecular weight excluding hydrogens is 297 g/mol. The Morgan fingerprint density at radius 3 is 2.62 bits per heavy atom. The Morgan fingerprint density at radius 2 is 1.96 bits per heavy atom. The Kier molecular flexibility index (Phi) is 6.55. The minimum atomic E-state index is -0.0357. The summed E-state index contributed by atoms with van der Waals surface area (Å²) in [7, 11) is 0. The van der Waals surface area contributed by atoms with E-state index in [1.807, 2.05) is 12.2 Å². The Hall–Kier alpha value is -0.630. The van der Waals surface area contributed by atoms with Crippen molar-refractivity contribution in [3.63, 3.8) is 0 Å². The van der Waals surface area contributed by atoms with Gasteiger partial charge in [-0.25, -0.2) is 4.39 Å². The molecule has 1 aliphatic carbocycles. The summed E-state index contributed by atoms with van der Waals surface area (Å²) in [6.45, 7) is 5.90. The van der Waals surface area contributed by atoms with Crippen LogP contribution in [-0.4, -0.2) is 23.5 Å². The monoisotopic (exact) mass is 333 g/mol. The van der Waals surface area contributed by atoms with Crippen molar-refractivity contribution < 1.29 is 4.39 Å². The Bertz CT molecular complexity index is 441. The third-order valence-corrected chi connectivity index (χ3v) is 6.54. The second kappa shape index (κ2) is 8.65. The quantitative estimate of drug-likeness (QED) is 0.473. The number of halogens is 1. The number of hydrogen-bond donors (Lipinski definition) is 0. The van der Waals surface area contributed by atoms with Crippen molar-refractivity contribution in [2.45, 2.75) is 90.1 Å². The van der Waals surface area contributed by atoms with Crippen LogP contribution in [-0.2, 0) is 0 Å². The molecule has 0 N–H and O–H groups in total. The Balaban J connectivity index is 1.45. The smallest absolute Gasteiger partial charge is 0.119 e. The minimum Gasteiger partial charge on any atom is -0.297 e. The van der Waals surface area contributed by atoms with Crippen molar-refractivity contribution in [2.24, 2.45) is 17.8 Å². The van der Waals surface area contributed by atoms with Gasteiger partial charge < -0.3 is 0 Å². The highest BCUT2D eigenvalue weighted by atomic mass is 19.1. The number of rotatable bonds is 8. The molecule has 1 nitrogen and oxygen atoms in total. The summed E-state index contributed by atoms with van der Waals surface area (Å²) in [4.78, 5) is 2.83. The maximum absolute atomic E-state index is 13.4. The topological polar surface area (TPSA) is 3.24 Å². The van der Waals surface area contributed by atoms with Crippen LogP contribution in [0.15, 0.2) is 24.1 Å². The van der Waals surface area contributed by atoms with Crippen LogP contribution in [0.5, 0.6) is 0 Å². The number of hydrogen-bond acceptors (Lipinski definition) is 1. The van der Waals surface area contributed by atoms with Crippen LogP contribution in [0.2, 0.25) is 0 Å². The summed E-state index contributed by atoms with van der Waals surface area (Å²) < 4.78 is 13.4. The summed E-state index contributed by atoms with van der Waals surface area (Å²) in [5.41, 5.74) is 0. The molecule has 136 valence electrons. The summed E-state index contributed by atoms with van der Waals surface area (Å²) in [5, 5.41) is 0. The zero-order valence-corrected chi connectivity index (χ0v) is 15.7. The van der Waals surface area contributed by atoms with Crippen molar-refractivity contribution in [1.82, 2.24) is 4.90 Å². The average molecular weight is 334 g/mol. The van der Waals surface area contributed by atoms with Crippen LogP contribution in [0.4, 0.5) is 4.39 Å². The van der Waals surface area contributed by atoms with E-state index < -0.39 is 0 Å². The van der Waals surface area contributed by atoms with Gasteiger partial charge in [0.15, 0.2) is 0 Å². The first kappa shape index (κ1) is 18.2. The Morgan fingerprint density at radius 1 is 1.21 bits per heavy atom.